The van der Waals surface area contributed by atoms with Gasteiger partial charge in [0.2, 0.25) is 5.88 Å². The van der Waals surface area contributed by atoms with Crippen LogP contribution in [0.2, 0.25) is 0 Å². The second kappa shape index (κ2) is 9.30. The SMILES string of the molecule is Cn1cc(-c2ccccc2Oc2cc(N3CCC(Oc4ncc(F)c(N)n4)CC3)ncn2)cn1. The van der Waals surface area contributed by atoms with E-state index in [4.69, 9.17) is 15.2 Å². The van der Waals surface area contributed by atoms with E-state index in [9.17, 15) is 4.39 Å². The minimum absolute atomic E-state index is 0.0855. The number of nitrogen functional groups attached to an aromatic ring is 1. The lowest BCUT2D eigenvalue weighted by Gasteiger charge is -2.32. The number of aryl methyl sites for hydroxylation is 1. The van der Waals surface area contributed by atoms with Gasteiger partial charge in [0.15, 0.2) is 11.6 Å². The molecule has 0 atom stereocenters. The Bertz CT molecular complexity index is 1290. The van der Waals surface area contributed by atoms with Crippen molar-refractivity contribution >= 4 is 11.6 Å². The average molecular weight is 462 g/mol. The Morgan fingerprint density at radius 2 is 1.91 bits per heavy atom. The summed E-state index contributed by atoms with van der Waals surface area (Å²) in [4.78, 5) is 18.5. The quantitative estimate of drug-likeness (QED) is 0.461. The summed E-state index contributed by atoms with van der Waals surface area (Å²) in [5.41, 5.74) is 7.38. The molecule has 11 heteroatoms. The zero-order valence-electron chi connectivity index (χ0n) is 18.5. The minimum Gasteiger partial charge on any atom is -0.460 e. The van der Waals surface area contributed by atoms with Crippen LogP contribution in [-0.4, -0.2) is 48.9 Å². The molecular weight excluding hydrogens is 439 g/mol. The van der Waals surface area contributed by atoms with Crippen LogP contribution in [0, 0.1) is 5.82 Å². The van der Waals surface area contributed by atoms with Gasteiger partial charge in [-0.25, -0.2) is 19.3 Å². The molecule has 1 aliphatic heterocycles. The number of ether oxygens (including phenoxy) is 2. The van der Waals surface area contributed by atoms with Gasteiger partial charge in [-0.15, -0.1) is 0 Å². The van der Waals surface area contributed by atoms with Crippen LogP contribution in [0.25, 0.3) is 11.1 Å². The van der Waals surface area contributed by atoms with Crippen molar-refractivity contribution in [2.24, 2.45) is 7.05 Å². The third-order valence-electron chi connectivity index (χ3n) is 5.53. The molecule has 34 heavy (non-hydrogen) atoms. The first-order valence-corrected chi connectivity index (χ1v) is 10.8. The molecule has 0 radical (unpaired) electrons. The maximum atomic E-state index is 13.3. The molecule has 0 aliphatic carbocycles. The summed E-state index contributed by atoms with van der Waals surface area (Å²) in [5, 5.41) is 4.24. The van der Waals surface area contributed by atoms with Crippen molar-refractivity contribution in [3.63, 3.8) is 0 Å². The number of benzene rings is 1. The van der Waals surface area contributed by atoms with Crippen molar-refractivity contribution in [1.29, 1.82) is 0 Å². The van der Waals surface area contributed by atoms with E-state index < -0.39 is 5.82 Å². The molecule has 1 fully saturated rings. The van der Waals surface area contributed by atoms with Gasteiger partial charge in [-0.3, -0.25) is 4.68 Å². The van der Waals surface area contributed by atoms with Crippen LogP contribution >= 0.6 is 0 Å². The molecule has 4 heterocycles. The molecular formula is C23H23FN8O2. The monoisotopic (exact) mass is 462 g/mol. The highest BCUT2D eigenvalue weighted by Gasteiger charge is 2.23. The summed E-state index contributed by atoms with van der Waals surface area (Å²) >= 11 is 0. The van der Waals surface area contributed by atoms with Crippen LogP contribution in [-0.2, 0) is 7.05 Å². The van der Waals surface area contributed by atoms with Gasteiger partial charge in [0.05, 0.1) is 12.4 Å². The Kier molecular flexibility index (Phi) is 5.90. The largest absolute Gasteiger partial charge is 0.460 e. The molecule has 0 unspecified atom stereocenters. The van der Waals surface area contributed by atoms with Gasteiger partial charge in [-0.1, -0.05) is 18.2 Å². The zero-order chi connectivity index (χ0) is 23.5. The molecule has 1 aliphatic rings. The van der Waals surface area contributed by atoms with Gasteiger partial charge in [0.1, 0.15) is 24.0 Å². The van der Waals surface area contributed by atoms with E-state index in [0.29, 0.717) is 24.7 Å². The van der Waals surface area contributed by atoms with Gasteiger partial charge < -0.3 is 20.1 Å². The van der Waals surface area contributed by atoms with Crippen LogP contribution < -0.4 is 20.1 Å². The van der Waals surface area contributed by atoms with Gasteiger partial charge in [-0.05, 0) is 6.07 Å². The molecule has 4 aromatic rings. The Hall–Kier alpha value is -4.28. The van der Waals surface area contributed by atoms with Crippen molar-refractivity contribution in [2.75, 3.05) is 23.7 Å². The smallest absolute Gasteiger partial charge is 0.318 e. The highest BCUT2D eigenvalue weighted by molar-refractivity contribution is 5.69. The van der Waals surface area contributed by atoms with Gasteiger partial charge in [0.25, 0.3) is 0 Å². The highest BCUT2D eigenvalue weighted by Crippen LogP contribution is 2.33. The highest BCUT2D eigenvalue weighted by atomic mass is 19.1. The van der Waals surface area contributed by atoms with E-state index in [1.54, 1.807) is 10.9 Å². The third-order valence-corrected chi connectivity index (χ3v) is 5.53. The maximum absolute atomic E-state index is 13.3. The predicted molar refractivity (Wildman–Crippen MR) is 123 cm³/mol. The summed E-state index contributed by atoms with van der Waals surface area (Å²) < 4.78 is 26.9. The van der Waals surface area contributed by atoms with Crippen molar-refractivity contribution in [3.05, 3.63) is 61.1 Å². The lowest BCUT2D eigenvalue weighted by molar-refractivity contribution is 0.156. The van der Waals surface area contributed by atoms with Gasteiger partial charge in [-0.2, -0.15) is 10.1 Å². The third kappa shape index (κ3) is 4.72. The Balaban J connectivity index is 1.25. The van der Waals surface area contributed by atoms with Crippen molar-refractivity contribution < 1.29 is 13.9 Å². The van der Waals surface area contributed by atoms with Crippen LogP contribution in [0.4, 0.5) is 16.0 Å². The molecule has 10 nitrogen and oxygen atoms in total. The van der Waals surface area contributed by atoms with E-state index >= 15 is 0 Å². The first-order valence-electron chi connectivity index (χ1n) is 10.8. The molecule has 0 bridgehead atoms. The number of para-hydroxylation sites is 1. The fourth-order valence-corrected chi connectivity index (χ4v) is 3.80. The molecule has 174 valence electrons. The molecule has 3 aromatic heterocycles. The summed E-state index contributed by atoms with van der Waals surface area (Å²) in [6.07, 6.45) is 7.60. The predicted octanol–water partition coefficient (Wildman–Crippen LogP) is 3.23. The fraction of sp³-hybridized carbons (Fsp3) is 0.261. The van der Waals surface area contributed by atoms with Crippen molar-refractivity contribution in [1.82, 2.24) is 29.7 Å². The van der Waals surface area contributed by atoms with Crippen molar-refractivity contribution in [2.45, 2.75) is 18.9 Å². The number of hydrogen-bond donors (Lipinski definition) is 1. The molecule has 0 spiro atoms. The van der Waals surface area contributed by atoms with Crippen LogP contribution in [0.3, 0.4) is 0 Å². The number of hydrogen-bond acceptors (Lipinski definition) is 9. The fourth-order valence-electron chi connectivity index (χ4n) is 3.80. The standard InChI is InChI=1S/C23H23FN8O2/c1-31-13-15(11-29-31)17-4-2-3-5-19(17)34-21-10-20(27-14-28-21)32-8-6-16(7-9-32)33-23-26-12-18(24)22(25)30-23/h2-5,10-14,16H,6-9H2,1H3,(H2,25,26,30). The molecule has 0 saturated carbocycles. The number of halogens is 1. The zero-order valence-corrected chi connectivity index (χ0v) is 18.5. The van der Waals surface area contributed by atoms with Crippen LogP contribution in [0.15, 0.2) is 55.2 Å². The number of rotatable bonds is 6. The Morgan fingerprint density at radius 1 is 1.09 bits per heavy atom. The van der Waals surface area contributed by atoms with E-state index in [1.165, 1.54) is 6.33 Å². The maximum Gasteiger partial charge on any atom is 0.318 e. The molecule has 1 aromatic carbocycles. The summed E-state index contributed by atoms with van der Waals surface area (Å²) in [7, 11) is 1.88. The Labute approximate surface area is 195 Å². The summed E-state index contributed by atoms with van der Waals surface area (Å²) in [6, 6.07) is 9.67. The van der Waals surface area contributed by atoms with Gasteiger partial charge in [0, 0.05) is 56.4 Å². The normalized spacial score (nSPS) is 14.2. The molecule has 5 rings (SSSR count). The van der Waals surface area contributed by atoms with Crippen molar-refractivity contribution in [3.8, 4) is 28.8 Å². The number of nitrogens with two attached hydrogens (primary N) is 1. The second-order valence-corrected chi connectivity index (χ2v) is 7.91. The summed E-state index contributed by atoms with van der Waals surface area (Å²) in [6.45, 7) is 1.42. The van der Waals surface area contributed by atoms with E-state index in [-0.39, 0.29) is 17.9 Å². The molecule has 1 saturated heterocycles. The number of anilines is 2. The number of piperidine rings is 1. The topological polar surface area (TPSA) is 117 Å². The average Bonchev–Trinajstić information content (AvgIpc) is 3.28. The minimum atomic E-state index is -0.660. The summed E-state index contributed by atoms with van der Waals surface area (Å²) in [5.74, 6) is 1.03. The van der Waals surface area contributed by atoms with Crippen LogP contribution in [0.5, 0.6) is 17.6 Å². The van der Waals surface area contributed by atoms with Crippen LogP contribution in [0.1, 0.15) is 12.8 Å². The molecule has 0 amide bonds. The van der Waals surface area contributed by atoms with E-state index in [0.717, 1.165) is 36.0 Å². The number of aromatic nitrogens is 6. The Morgan fingerprint density at radius 3 is 2.68 bits per heavy atom. The second-order valence-electron chi connectivity index (χ2n) is 7.91. The van der Waals surface area contributed by atoms with E-state index in [1.807, 2.05) is 43.6 Å². The number of nitrogens with zero attached hydrogens (tertiary/aromatic N) is 7. The lowest BCUT2D eigenvalue weighted by atomic mass is 10.1. The first-order chi connectivity index (χ1) is 16.5. The molecule has 2 N–H and O–H groups in total. The van der Waals surface area contributed by atoms with E-state index in [2.05, 4.69) is 29.9 Å². The van der Waals surface area contributed by atoms with Gasteiger partial charge >= 0.3 is 6.01 Å². The first kappa shape index (κ1) is 21.6. The lowest BCUT2D eigenvalue weighted by Crippen LogP contribution is -2.39.